The number of aliphatic hydroxyl groups excluding tert-OH is 1. The van der Waals surface area contributed by atoms with Crippen LogP contribution in [-0.4, -0.2) is 47.4 Å². The van der Waals surface area contributed by atoms with Crippen LogP contribution in [0.25, 0.3) is 0 Å². The third-order valence-corrected chi connectivity index (χ3v) is 13.1. The molecule has 2 spiro atoms. The molecule has 0 radical (unpaired) electrons. The summed E-state index contributed by atoms with van der Waals surface area (Å²) in [6.07, 6.45) is 8.38. The first kappa shape index (κ1) is 30.2. The molecule has 0 aromatic rings. The van der Waals surface area contributed by atoms with Gasteiger partial charge in [-0.2, -0.15) is 0 Å². The molecule has 226 valence electrons. The highest BCUT2D eigenvalue weighted by Gasteiger charge is 2.81. The van der Waals surface area contributed by atoms with E-state index >= 15 is 0 Å². The van der Waals surface area contributed by atoms with Gasteiger partial charge in [-0.15, -0.1) is 0 Å². The maximum absolute atomic E-state index is 13.7. The SMILES string of the molecule is C=C(C(=O)[C@H](OC(C)=O)[C@@H](C)[C@H]1[C@@H](OC(C)=O)C[C@@]2(C)[C@@H]3CC[C@H]4[C@H](C)C(=O)C=C[C@@]45C[C@@]35CC[C@]12C)[C@H](C)CO. The summed E-state index contributed by atoms with van der Waals surface area (Å²) in [5, 5.41) is 9.69. The summed E-state index contributed by atoms with van der Waals surface area (Å²) >= 11 is 0. The number of carbonyl (C=O) groups excluding carboxylic acids is 4. The molecule has 5 aliphatic carbocycles. The Labute approximate surface area is 244 Å². The van der Waals surface area contributed by atoms with Crippen LogP contribution in [0.15, 0.2) is 24.3 Å². The second kappa shape index (κ2) is 9.89. The van der Waals surface area contributed by atoms with E-state index in [9.17, 15) is 24.3 Å². The molecule has 1 N–H and O–H groups in total. The Morgan fingerprint density at radius 2 is 1.78 bits per heavy atom. The lowest BCUT2D eigenvalue weighted by molar-refractivity contribution is -0.166. The molecule has 5 rings (SSSR count). The van der Waals surface area contributed by atoms with Crippen LogP contribution in [0.2, 0.25) is 0 Å². The fraction of sp³-hybridized carbons (Fsp3) is 0.765. The first-order valence-electron chi connectivity index (χ1n) is 15.5. The minimum Gasteiger partial charge on any atom is -0.462 e. The number of ketones is 2. The highest BCUT2D eigenvalue weighted by molar-refractivity contribution is 5.99. The van der Waals surface area contributed by atoms with Gasteiger partial charge in [0.05, 0.1) is 0 Å². The van der Waals surface area contributed by atoms with Crippen molar-refractivity contribution in [1.29, 1.82) is 0 Å². The minimum absolute atomic E-state index is 0.0523. The van der Waals surface area contributed by atoms with Crippen molar-refractivity contribution in [3.63, 3.8) is 0 Å². The van der Waals surface area contributed by atoms with E-state index in [0.717, 1.165) is 32.1 Å². The van der Waals surface area contributed by atoms with Gasteiger partial charge in [0.1, 0.15) is 6.10 Å². The van der Waals surface area contributed by atoms with Crippen LogP contribution >= 0.6 is 0 Å². The zero-order chi connectivity index (χ0) is 30.3. The second-order valence-corrected chi connectivity index (χ2v) is 14.7. The monoisotopic (exact) mass is 568 g/mol. The van der Waals surface area contributed by atoms with E-state index < -0.39 is 30.0 Å². The summed E-state index contributed by atoms with van der Waals surface area (Å²) in [6.45, 7) is 16.9. The van der Waals surface area contributed by atoms with Crippen molar-refractivity contribution in [2.45, 2.75) is 99.2 Å². The number of aliphatic hydroxyl groups is 1. The molecule has 41 heavy (non-hydrogen) atoms. The third-order valence-electron chi connectivity index (χ3n) is 13.1. The molecule has 0 saturated heterocycles. The zero-order valence-electron chi connectivity index (χ0n) is 25.8. The lowest BCUT2D eigenvalue weighted by Gasteiger charge is -2.61. The molecule has 7 nitrogen and oxygen atoms in total. The Morgan fingerprint density at radius 3 is 2.39 bits per heavy atom. The predicted octanol–water partition coefficient (Wildman–Crippen LogP) is 5.24. The summed E-state index contributed by atoms with van der Waals surface area (Å²) in [4.78, 5) is 51.1. The highest BCUT2D eigenvalue weighted by atomic mass is 16.6. The largest absolute Gasteiger partial charge is 0.462 e. The lowest BCUT2D eigenvalue weighted by atomic mass is 9.43. The van der Waals surface area contributed by atoms with Crippen molar-refractivity contribution in [3.8, 4) is 0 Å². The van der Waals surface area contributed by atoms with Gasteiger partial charge in [-0.3, -0.25) is 19.2 Å². The summed E-state index contributed by atoms with van der Waals surface area (Å²) in [6, 6.07) is 0. The number of esters is 2. The molecule has 0 aliphatic heterocycles. The number of carbonyl (C=O) groups is 4. The maximum Gasteiger partial charge on any atom is 0.303 e. The van der Waals surface area contributed by atoms with Crippen LogP contribution in [0.3, 0.4) is 0 Å². The smallest absolute Gasteiger partial charge is 0.303 e. The molecule has 0 unspecified atom stereocenters. The van der Waals surface area contributed by atoms with E-state index in [-0.39, 0.29) is 63.2 Å². The Kier molecular flexibility index (Phi) is 7.28. The molecule has 0 aromatic carbocycles. The molecule has 7 heteroatoms. The van der Waals surface area contributed by atoms with Crippen LogP contribution < -0.4 is 0 Å². The van der Waals surface area contributed by atoms with Crippen molar-refractivity contribution in [2.75, 3.05) is 6.61 Å². The molecule has 0 heterocycles. The average Bonchev–Trinajstić information content (AvgIpc) is 3.52. The first-order valence-corrected chi connectivity index (χ1v) is 15.5. The number of Topliss-reactive ketones (excluding diaryl/α,β-unsaturated/α-hetero) is 1. The van der Waals surface area contributed by atoms with Gasteiger partial charge in [-0.25, -0.2) is 0 Å². The van der Waals surface area contributed by atoms with Gasteiger partial charge in [0.25, 0.3) is 0 Å². The Hall–Kier alpha value is -2.28. The minimum atomic E-state index is -1.08. The van der Waals surface area contributed by atoms with Crippen molar-refractivity contribution in [3.05, 3.63) is 24.3 Å². The van der Waals surface area contributed by atoms with Gasteiger partial charge >= 0.3 is 11.9 Å². The van der Waals surface area contributed by atoms with Crippen molar-refractivity contribution in [2.24, 2.45) is 57.2 Å². The van der Waals surface area contributed by atoms with Crippen LogP contribution in [-0.2, 0) is 28.7 Å². The fourth-order valence-electron chi connectivity index (χ4n) is 10.9. The zero-order valence-corrected chi connectivity index (χ0v) is 25.8. The number of hydrogen-bond donors (Lipinski definition) is 1. The van der Waals surface area contributed by atoms with Gasteiger partial charge in [-0.05, 0) is 83.7 Å². The summed E-state index contributed by atoms with van der Waals surface area (Å²) < 4.78 is 11.8. The normalized spacial score (nSPS) is 44.3. The molecular formula is C34H48O7. The van der Waals surface area contributed by atoms with E-state index in [1.54, 1.807) is 6.92 Å². The summed E-state index contributed by atoms with van der Waals surface area (Å²) in [7, 11) is 0. The molecule has 0 aromatic heterocycles. The van der Waals surface area contributed by atoms with Crippen molar-refractivity contribution < 1.29 is 33.8 Å². The number of fused-ring (bicyclic) bond motifs is 2. The van der Waals surface area contributed by atoms with Gasteiger partial charge in [0.15, 0.2) is 17.7 Å². The van der Waals surface area contributed by atoms with Gasteiger partial charge in [0.2, 0.25) is 0 Å². The van der Waals surface area contributed by atoms with E-state index in [2.05, 4.69) is 33.4 Å². The topological polar surface area (TPSA) is 107 Å². The van der Waals surface area contributed by atoms with E-state index in [1.165, 1.54) is 13.8 Å². The Morgan fingerprint density at radius 1 is 1.10 bits per heavy atom. The van der Waals surface area contributed by atoms with Crippen LogP contribution in [0.5, 0.6) is 0 Å². The van der Waals surface area contributed by atoms with Crippen LogP contribution in [0, 0.1) is 57.2 Å². The van der Waals surface area contributed by atoms with Gasteiger partial charge in [-0.1, -0.05) is 47.3 Å². The molecular weight excluding hydrogens is 520 g/mol. The average molecular weight is 569 g/mol. The molecule has 4 fully saturated rings. The Balaban J connectivity index is 1.54. The standard InChI is InChI=1S/C34H48O7/c1-18(16-35)19(2)29(39)30(41-23(6)37)21(4)28-26(40-22(5)36)15-32(8)27-10-9-24-20(3)25(38)11-12-33(24)17-34(27,33)14-13-31(28,32)7/h11-12,18,20-21,24,26-28,30,35H,2,9-10,13-17H2,1,3-8H3/t18-,20+,21+,24+,26+,27+,28+,30-,31-,32+,33-,34+/m1/s1. The summed E-state index contributed by atoms with van der Waals surface area (Å²) in [5.74, 6) is -1.31. The first-order chi connectivity index (χ1) is 19.1. The molecule has 12 atom stereocenters. The second-order valence-electron chi connectivity index (χ2n) is 14.7. The van der Waals surface area contributed by atoms with Crippen molar-refractivity contribution >= 4 is 23.5 Å². The van der Waals surface area contributed by atoms with Crippen LogP contribution in [0.1, 0.15) is 87.0 Å². The molecule has 5 aliphatic rings. The highest BCUT2D eigenvalue weighted by Crippen LogP contribution is 2.87. The fourth-order valence-corrected chi connectivity index (χ4v) is 10.9. The van der Waals surface area contributed by atoms with Crippen molar-refractivity contribution in [1.82, 2.24) is 0 Å². The van der Waals surface area contributed by atoms with E-state index in [1.807, 2.05) is 13.0 Å². The quantitative estimate of drug-likeness (QED) is 0.315. The summed E-state index contributed by atoms with van der Waals surface area (Å²) in [5.41, 5.74) is -0.000337. The maximum atomic E-state index is 13.7. The molecule has 0 amide bonds. The van der Waals surface area contributed by atoms with Gasteiger partial charge in [0, 0.05) is 44.1 Å². The number of hydrogen-bond acceptors (Lipinski definition) is 7. The predicted molar refractivity (Wildman–Crippen MR) is 153 cm³/mol. The third kappa shape index (κ3) is 4.07. The number of rotatable bonds is 8. The number of allylic oxidation sites excluding steroid dienone is 2. The number of ether oxygens (including phenoxy) is 2. The Bertz CT molecular complexity index is 1200. The van der Waals surface area contributed by atoms with E-state index in [0.29, 0.717) is 18.3 Å². The molecule has 4 saturated carbocycles. The van der Waals surface area contributed by atoms with E-state index in [4.69, 9.17) is 9.47 Å². The van der Waals surface area contributed by atoms with Crippen LogP contribution in [0.4, 0.5) is 0 Å². The molecule has 0 bridgehead atoms. The lowest BCUT2D eigenvalue weighted by Crippen LogP contribution is -2.56. The van der Waals surface area contributed by atoms with Gasteiger partial charge < -0.3 is 14.6 Å².